The maximum atomic E-state index is 12.9. The van der Waals surface area contributed by atoms with Gasteiger partial charge in [-0.3, -0.25) is 9.59 Å². The normalized spacial score (nSPS) is 16.0. The highest BCUT2D eigenvalue weighted by molar-refractivity contribution is 8.01. The molecule has 160 valence electrons. The zero-order chi connectivity index (χ0) is 22.2. The van der Waals surface area contributed by atoms with Gasteiger partial charge in [-0.05, 0) is 37.3 Å². The van der Waals surface area contributed by atoms with Gasteiger partial charge in [-0.25, -0.2) is 9.97 Å². The number of aryl methyl sites for hydroxylation is 1. The number of aromatic nitrogens is 2. The molecule has 0 spiro atoms. The Balaban J connectivity index is 1.40. The van der Waals surface area contributed by atoms with E-state index in [1.807, 2.05) is 18.2 Å². The van der Waals surface area contributed by atoms with E-state index in [4.69, 9.17) is 4.74 Å². The Hall–Kier alpha value is -3.14. The second kappa shape index (κ2) is 8.18. The van der Waals surface area contributed by atoms with Crippen LogP contribution in [0.3, 0.4) is 0 Å². The standard InChI is InChI=1S/C21H16F3N3O3S/c1-11-16(26-14-5-3-2-4-13(14)25-11)10-30-19(28)9-18-20(29)27-15-8-12(21(22,23)24)6-7-17(15)31-18/h2-8,18H,9-10H2,1H3,(H,27,29)/t18-/m0/s1. The summed E-state index contributed by atoms with van der Waals surface area (Å²) < 4.78 is 43.8. The van der Waals surface area contributed by atoms with Gasteiger partial charge in [0.25, 0.3) is 0 Å². The van der Waals surface area contributed by atoms with Crippen LogP contribution in [0.1, 0.15) is 23.4 Å². The van der Waals surface area contributed by atoms with Crippen LogP contribution in [0.25, 0.3) is 11.0 Å². The average Bonchev–Trinajstić information content (AvgIpc) is 2.71. The van der Waals surface area contributed by atoms with Crippen molar-refractivity contribution in [2.75, 3.05) is 5.32 Å². The molecule has 1 atom stereocenters. The van der Waals surface area contributed by atoms with Gasteiger partial charge in [-0.1, -0.05) is 12.1 Å². The number of rotatable bonds is 4. The van der Waals surface area contributed by atoms with Crippen molar-refractivity contribution in [1.29, 1.82) is 0 Å². The first-order valence-electron chi connectivity index (χ1n) is 9.27. The summed E-state index contributed by atoms with van der Waals surface area (Å²) in [6, 6.07) is 10.4. The molecule has 1 amide bonds. The zero-order valence-electron chi connectivity index (χ0n) is 16.2. The maximum Gasteiger partial charge on any atom is 0.416 e. The van der Waals surface area contributed by atoms with Crippen LogP contribution in [0.5, 0.6) is 0 Å². The average molecular weight is 447 g/mol. The topological polar surface area (TPSA) is 81.2 Å². The number of halogens is 3. The molecule has 0 unspecified atom stereocenters. The first kappa shape index (κ1) is 21.1. The lowest BCUT2D eigenvalue weighted by Crippen LogP contribution is -2.31. The van der Waals surface area contributed by atoms with E-state index < -0.39 is 28.9 Å². The number of amides is 1. The van der Waals surface area contributed by atoms with Crippen molar-refractivity contribution in [3.8, 4) is 0 Å². The van der Waals surface area contributed by atoms with Crippen LogP contribution in [0, 0.1) is 6.92 Å². The van der Waals surface area contributed by atoms with E-state index in [0.29, 0.717) is 21.8 Å². The van der Waals surface area contributed by atoms with Gasteiger partial charge in [0.1, 0.15) is 6.61 Å². The molecule has 2 heterocycles. The number of nitrogens with zero attached hydrogens (tertiary/aromatic N) is 2. The molecule has 1 N–H and O–H groups in total. The predicted octanol–water partition coefficient (Wildman–Crippen LogP) is 4.50. The van der Waals surface area contributed by atoms with Crippen molar-refractivity contribution >= 4 is 40.4 Å². The van der Waals surface area contributed by atoms with E-state index in [9.17, 15) is 22.8 Å². The minimum absolute atomic E-state index is 0.0801. The summed E-state index contributed by atoms with van der Waals surface area (Å²) in [5.41, 5.74) is 1.78. The summed E-state index contributed by atoms with van der Waals surface area (Å²) >= 11 is 1.03. The highest BCUT2D eigenvalue weighted by Gasteiger charge is 2.34. The van der Waals surface area contributed by atoms with Crippen LogP contribution in [-0.4, -0.2) is 27.1 Å². The van der Waals surface area contributed by atoms with Crippen molar-refractivity contribution in [3.63, 3.8) is 0 Å². The zero-order valence-corrected chi connectivity index (χ0v) is 17.0. The van der Waals surface area contributed by atoms with Crippen LogP contribution in [0.2, 0.25) is 0 Å². The van der Waals surface area contributed by atoms with Crippen LogP contribution in [-0.2, 0) is 27.1 Å². The first-order valence-corrected chi connectivity index (χ1v) is 10.2. The minimum atomic E-state index is -4.51. The molecule has 0 fully saturated rings. The summed E-state index contributed by atoms with van der Waals surface area (Å²) in [5.74, 6) is -1.16. The molecule has 6 nitrogen and oxygen atoms in total. The van der Waals surface area contributed by atoms with Crippen molar-refractivity contribution in [2.45, 2.75) is 36.3 Å². The number of carbonyl (C=O) groups is 2. The number of alkyl halides is 3. The second-order valence-electron chi connectivity index (χ2n) is 6.91. The van der Waals surface area contributed by atoms with E-state index in [1.165, 1.54) is 6.07 Å². The molecule has 0 saturated carbocycles. The van der Waals surface area contributed by atoms with Crippen LogP contribution in [0.15, 0.2) is 47.4 Å². The molecule has 10 heteroatoms. The smallest absolute Gasteiger partial charge is 0.416 e. The number of fused-ring (bicyclic) bond motifs is 2. The van der Waals surface area contributed by atoms with Gasteiger partial charge in [-0.15, -0.1) is 11.8 Å². The molecule has 1 aliphatic rings. The van der Waals surface area contributed by atoms with Gasteiger partial charge in [-0.2, -0.15) is 13.2 Å². The third-order valence-corrected chi connectivity index (χ3v) is 5.97. The number of para-hydroxylation sites is 2. The summed E-state index contributed by atoms with van der Waals surface area (Å²) in [6.45, 7) is 1.67. The van der Waals surface area contributed by atoms with E-state index in [2.05, 4.69) is 15.3 Å². The molecule has 0 radical (unpaired) electrons. The Kier molecular flexibility index (Phi) is 5.57. The van der Waals surface area contributed by atoms with Crippen LogP contribution >= 0.6 is 11.8 Å². The van der Waals surface area contributed by atoms with E-state index in [1.54, 1.807) is 13.0 Å². The predicted molar refractivity (Wildman–Crippen MR) is 108 cm³/mol. The quantitative estimate of drug-likeness (QED) is 0.593. The summed E-state index contributed by atoms with van der Waals surface area (Å²) in [5, 5.41) is 1.64. The molecule has 0 aliphatic carbocycles. The minimum Gasteiger partial charge on any atom is -0.459 e. The van der Waals surface area contributed by atoms with Crippen LogP contribution in [0.4, 0.5) is 18.9 Å². The second-order valence-corrected chi connectivity index (χ2v) is 8.16. The number of ether oxygens (including phenoxy) is 1. The van der Waals surface area contributed by atoms with Gasteiger partial charge >= 0.3 is 12.1 Å². The fraction of sp³-hybridized carbons (Fsp3) is 0.238. The molecule has 2 aromatic carbocycles. The Morgan fingerprint density at radius 3 is 2.58 bits per heavy atom. The van der Waals surface area contributed by atoms with Crippen LogP contribution < -0.4 is 5.32 Å². The van der Waals surface area contributed by atoms with Gasteiger partial charge in [0.15, 0.2) is 0 Å². The Bertz CT molecular complexity index is 1180. The molecule has 4 rings (SSSR count). The Morgan fingerprint density at radius 2 is 1.87 bits per heavy atom. The lowest BCUT2D eigenvalue weighted by molar-refractivity contribution is -0.145. The number of thioether (sulfide) groups is 1. The van der Waals surface area contributed by atoms with E-state index >= 15 is 0 Å². The summed E-state index contributed by atoms with van der Waals surface area (Å²) in [7, 11) is 0. The number of carbonyl (C=O) groups excluding carboxylic acids is 2. The molecule has 3 aromatic rings. The lowest BCUT2D eigenvalue weighted by Gasteiger charge is -2.24. The third kappa shape index (κ3) is 4.63. The number of hydrogen-bond donors (Lipinski definition) is 1. The molecular formula is C21H16F3N3O3S. The number of esters is 1. The van der Waals surface area contributed by atoms with Crippen molar-refractivity contribution in [3.05, 3.63) is 59.4 Å². The van der Waals surface area contributed by atoms with E-state index in [-0.39, 0.29) is 18.7 Å². The lowest BCUT2D eigenvalue weighted by atomic mass is 10.1. The number of hydrogen-bond acceptors (Lipinski definition) is 6. The fourth-order valence-electron chi connectivity index (χ4n) is 3.08. The van der Waals surface area contributed by atoms with Crippen molar-refractivity contribution in [2.24, 2.45) is 0 Å². The highest BCUT2D eigenvalue weighted by atomic mass is 32.2. The van der Waals surface area contributed by atoms with Gasteiger partial charge in [0, 0.05) is 4.90 Å². The van der Waals surface area contributed by atoms with Gasteiger partial charge in [0.05, 0.1) is 45.3 Å². The van der Waals surface area contributed by atoms with Crippen molar-refractivity contribution in [1.82, 2.24) is 9.97 Å². The molecule has 0 saturated heterocycles. The number of anilines is 1. The Labute approximate surface area is 179 Å². The monoisotopic (exact) mass is 447 g/mol. The first-order chi connectivity index (χ1) is 14.7. The van der Waals surface area contributed by atoms with Crippen molar-refractivity contribution < 1.29 is 27.5 Å². The SMILES string of the molecule is Cc1nc2ccccc2nc1COC(=O)C[C@@H]1Sc2ccc(C(F)(F)F)cc2NC1=O. The maximum absolute atomic E-state index is 12.9. The van der Waals surface area contributed by atoms with Gasteiger partial charge < -0.3 is 10.1 Å². The summed E-state index contributed by atoms with van der Waals surface area (Å²) in [4.78, 5) is 33.9. The third-order valence-electron chi connectivity index (χ3n) is 4.69. The molecule has 31 heavy (non-hydrogen) atoms. The molecule has 1 aromatic heterocycles. The summed E-state index contributed by atoms with van der Waals surface area (Å²) in [6.07, 6.45) is -4.73. The number of nitrogens with one attached hydrogen (secondary N) is 1. The van der Waals surface area contributed by atoms with Gasteiger partial charge in [0.2, 0.25) is 5.91 Å². The number of benzene rings is 2. The van der Waals surface area contributed by atoms with E-state index in [0.717, 1.165) is 29.4 Å². The molecule has 0 bridgehead atoms. The molecule has 1 aliphatic heterocycles. The largest absolute Gasteiger partial charge is 0.459 e. The molecular weight excluding hydrogens is 431 g/mol. The highest BCUT2D eigenvalue weighted by Crippen LogP contribution is 2.40. The Morgan fingerprint density at radius 1 is 1.16 bits per heavy atom. The fourth-order valence-corrected chi connectivity index (χ4v) is 4.16.